The lowest BCUT2D eigenvalue weighted by Gasteiger charge is -2.42. The Labute approximate surface area is 112 Å². The van der Waals surface area contributed by atoms with Crippen LogP contribution in [0.2, 0.25) is 0 Å². The van der Waals surface area contributed by atoms with Gasteiger partial charge in [0.2, 0.25) is 0 Å². The van der Waals surface area contributed by atoms with Crippen LogP contribution in [0.5, 0.6) is 5.75 Å². The minimum Gasteiger partial charge on any atom is -0.507 e. The zero-order valence-electron chi connectivity index (χ0n) is 11.4. The number of hydrogen-bond donors (Lipinski definition) is 1. The number of rotatable bonds is 1. The Morgan fingerprint density at radius 3 is 2.42 bits per heavy atom. The summed E-state index contributed by atoms with van der Waals surface area (Å²) in [5, 5.41) is 9.68. The average Bonchev–Trinajstić information content (AvgIpc) is 2.34. The van der Waals surface area contributed by atoms with Crippen molar-refractivity contribution in [2.24, 2.45) is 0 Å². The van der Waals surface area contributed by atoms with E-state index in [1.807, 2.05) is 7.05 Å². The summed E-state index contributed by atoms with van der Waals surface area (Å²) in [6.45, 7) is 5.33. The zero-order chi connectivity index (χ0) is 14.2. The van der Waals surface area contributed by atoms with Gasteiger partial charge in [0.05, 0.1) is 5.56 Å². The molecule has 1 amide bonds. The lowest BCUT2D eigenvalue weighted by atomic mass is 10.1. The average molecular weight is 266 g/mol. The minimum absolute atomic E-state index is 0.158. The Kier molecular flexibility index (Phi) is 3.75. The highest BCUT2D eigenvalue weighted by Crippen LogP contribution is 2.22. The van der Waals surface area contributed by atoms with Gasteiger partial charge in [-0.1, -0.05) is 0 Å². The third-order valence-corrected chi connectivity index (χ3v) is 3.84. The molecule has 0 bridgehead atoms. The predicted molar refractivity (Wildman–Crippen MR) is 70.7 cm³/mol. The fourth-order valence-electron chi connectivity index (χ4n) is 2.43. The van der Waals surface area contributed by atoms with Crippen LogP contribution in [0.1, 0.15) is 24.2 Å². The van der Waals surface area contributed by atoms with Gasteiger partial charge >= 0.3 is 0 Å². The van der Waals surface area contributed by atoms with E-state index in [0.29, 0.717) is 13.1 Å². The molecule has 2 rings (SSSR count). The number of hydrogen-bond acceptors (Lipinski definition) is 3. The van der Waals surface area contributed by atoms with Gasteiger partial charge in [-0.05, 0) is 33.0 Å². The van der Waals surface area contributed by atoms with E-state index in [2.05, 4.69) is 18.7 Å². The smallest absolute Gasteiger partial charge is 0.257 e. The summed E-state index contributed by atoms with van der Waals surface area (Å²) in [6, 6.07) is 4.01. The highest BCUT2D eigenvalue weighted by Gasteiger charge is 2.30. The number of carbonyl (C=O) groups is 1. The Bertz CT molecular complexity index is 480. The van der Waals surface area contributed by atoms with Crippen molar-refractivity contribution in [3.8, 4) is 5.75 Å². The van der Waals surface area contributed by atoms with Gasteiger partial charge < -0.3 is 10.0 Å². The normalized spacial score (nSPS) is 24.5. The number of amides is 1. The second-order valence-corrected chi connectivity index (χ2v) is 5.24. The largest absolute Gasteiger partial charge is 0.507 e. The standard InChI is InChI=1S/C14H19FN2O2/c1-9-7-17(8-10(2)16(9)3)14(19)12-5-4-11(15)6-13(12)18/h4-6,9-10,18H,7-8H2,1-3H3. The minimum atomic E-state index is -0.547. The first-order chi connectivity index (χ1) is 8.90. The number of halogens is 1. The summed E-state index contributed by atoms with van der Waals surface area (Å²) >= 11 is 0. The molecule has 1 fully saturated rings. The molecule has 1 aliphatic rings. The van der Waals surface area contributed by atoms with E-state index >= 15 is 0 Å². The van der Waals surface area contributed by atoms with Crippen LogP contribution in [0.3, 0.4) is 0 Å². The van der Waals surface area contributed by atoms with E-state index in [-0.39, 0.29) is 29.3 Å². The Hall–Kier alpha value is -1.62. The van der Waals surface area contributed by atoms with Crippen molar-refractivity contribution in [1.82, 2.24) is 9.80 Å². The fraction of sp³-hybridized carbons (Fsp3) is 0.500. The van der Waals surface area contributed by atoms with Gasteiger partial charge in [-0.15, -0.1) is 0 Å². The predicted octanol–water partition coefficient (Wildman–Crippen LogP) is 1.70. The van der Waals surface area contributed by atoms with Crippen LogP contribution in [0, 0.1) is 5.82 Å². The summed E-state index contributed by atoms with van der Waals surface area (Å²) in [6.07, 6.45) is 0. The monoisotopic (exact) mass is 266 g/mol. The number of nitrogens with zero attached hydrogens (tertiary/aromatic N) is 2. The molecule has 1 N–H and O–H groups in total. The van der Waals surface area contributed by atoms with Crippen molar-refractivity contribution < 1.29 is 14.3 Å². The van der Waals surface area contributed by atoms with Crippen LogP contribution >= 0.6 is 0 Å². The van der Waals surface area contributed by atoms with Crippen LogP contribution in [-0.2, 0) is 0 Å². The van der Waals surface area contributed by atoms with Crippen molar-refractivity contribution in [3.63, 3.8) is 0 Å². The quantitative estimate of drug-likeness (QED) is 0.841. The maximum absolute atomic E-state index is 12.9. The number of piperazine rings is 1. The lowest BCUT2D eigenvalue weighted by Crippen LogP contribution is -2.56. The first-order valence-corrected chi connectivity index (χ1v) is 6.40. The highest BCUT2D eigenvalue weighted by molar-refractivity contribution is 5.96. The molecule has 5 heteroatoms. The van der Waals surface area contributed by atoms with E-state index in [0.717, 1.165) is 6.07 Å². The van der Waals surface area contributed by atoms with Crippen LogP contribution in [0.25, 0.3) is 0 Å². The first-order valence-electron chi connectivity index (χ1n) is 6.40. The lowest BCUT2D eigenvalue weighted by molar-refractivity contribution is 0.0412. The molecule has 1 aromatic rings. The molecule has 2 unspecified atom stereocenters. The number of carbonyl (C=O) groups excluding carboxylic acids is 1. The van der Waals surface area contributed by atoms with Gasteiger partial charge in [-0.25, -0.2) is 4.39 Å². The van der Waals surface area contributed by atoms with Crippen LogP contribution in [0.4, 0.5) is 4.39 Å². The molecule has 0 radical (unpaired) electrons. The first kappa shape index (κ1) is 13.8. The van der Waals surface area contributed by atoms with Crippen molar-refractivity contribution in [2.75, 3.05) is 20.1 Å². The van der Waals surface area contributed by atoms with Gasteiger partial charge in [-0.3, -0.25) is 9.69 Å². The molecular formula is C14H19FN2O2. The number of phenols is 1. The summed E-state index contributed by atoms with van der Waals surface area (Å²) in [5.41, 5.74) is 0.158. The van der Waals surface area contributed by atoms with Crippen molar-refractivity contribution in [2.45, 2.75) is 25.9 Å². The SMILES string of the molecule is CC1CN(C(=O)c2ccc(F)cc2O)CC(C)N1C. The van der Waals surface area contributed by atoms with Gasteiger partial charge in [0.1, 0.15) is 11.6 Å². The Balaban J connectivity index is 2.20. The molecule has 1 aliphatic heterocycles. The van der Waals surface area contributed by atoms with Crippen molar-refractivity contribution in [3.05, 3.63) is 29.6 Å². The van der Waals surface area contributed by atoms with Crippen molar-refractivity contribution >= 4 is 5.91 Å². The molecule has 0 aliphatic carbocycles. The number of likely N-dealkylation sites (N-methyl/N-ethyl adjacent to an activating group) is 1. The van der Waals surface area contributed by atoms with E-state index in [1.54, 1.807) is 4.90 Å². The Morgan fingerprint density at radius 2 is 1.89 bits per heavy atom. The second kappa shape index (κ2) is 5.17. The fourth-order valence-corrected chi connectivity index (χ4v) is 2.43. The molecule has 1 heterocycles. The molecule has 0 spiro atoms. The zero-order valence-corrected chi connectivity index (χ0v) is 11.4. The van der Waals surface area contributed by atoms with Gasteiger partial charge in [0.15, 0.2) is 0 Å². The second-order valence-electron chi connectivity index (χ2n) is 5.24. The molecule has 1 saturated heterocycles. The highest BCUT2D eigenvalue weighted by atomic mass is 19.1. The molecule has 0 aromatic heterocycles. The Morgan fingerprint density at radius 1 is 1.32 bits per heavy atom. The maximum atomic E-state index is 12.9. The van der Waals surface area contributed by atoms with Crippen LogP contribution in [0.15, 0.2) is 18.2 Å². The topological polar surface area (TPSA) is 43.8 Å². The van der Waals surface area contributed by atoms with Crippen LogP contribution in [-0.4, -0.2) is 53.0 Å². The third kappa shape index (κ3) is 2.71. The summed E-state index contributed by atoms with van der Waals surface area (Å²) in [4.78, 5) is 16.3. The van der Waals surface area contributed by atoms with Gasteiger partial charge in [0.25, 0.3) is 5.91 Å². The summed E-state index contributed by atoms with van der Waals surface area (Å²) < 4.78 is 12.9. The van der Waals surface area contributed by atoms with Crippen LogP contribution < -0.4 is 0 Å². The molecule has 19 heavy (non-hydrogen) atoms. The van der Waals surface area contributed by atoms with Crippen molar-refractivity contribution in [1.29, 1.82) is 0 Å². The molecule has 2 atom stereocenters. The third-order valence-electron chi connectivity index (χ3n) is 3.84. The number of benzene rings is 1. The molecule has 1 aromatic carbocycles. The number of aromatic hydroxyl groups is 1. The maximum Gasteiger partial charge on any atom is 0.257 e. The van der Waals surface area contributed by atoms with Gasteiger partial charge in [0, 0.05) is 31.2 Å². The number of phenolic OH excluding ortho intramolecular Hbond substituents is 1. The molecule has 4 nitrogen and oxygen atoms in total. The van der Waals surface area contributed by atoms with Gasteiger partial charge in [-0.2, -0.15) is 0 Å². The molecule has 104 valence electrons. The molecule has 0 saturated carbocycles. The summed E-state index contributed by atoms with van der Waals surface area (Å²) in [7, 11) is 2.03. The molecular weight excluding hydrogens is 247 g/mol. The van der Waals surface area contributed by atoms with E-state index in [9.17, 15) is 14.3 Å². The van der Waals surface area contributed by atoms with E-state index in [1.165, 1.54) is 12.1 Å². The summed E-state index contributed by atoms with van der Waals surface area (Å²) in [5.74, 6) is -1.09. The van der Waals surface area contributed by atoms with E-state index in [4.69, 9.17) is 0 Å². The van der Waals surface area contributed by atoms with E-state index < -0.39 is 5.82 Å².